The van der Waals surface area contributed by atoms with Crippen LogP contribution < -0.4 is 10.6 Å². The van der Waals surface area contributed by atoms with Crippen molar-refractivity contribution in [3.63, 3.8) is 0 Å². The van der Waals surface area contributed by atoms with Crippen molar-refractivity contribution in [2.24, 2.45) is 5.73 Å². The average molecular weight is 380 g/mol. The van der Waals surface area contributed by atoms with E-state index in [9.17, 15) is 4.79 Å². The Kier molecular flexibility index (Phi) is 6.66. The molecule has 6 heteroatoms. The molecule has 1 aromatic carbocycles. The van der Waals surface area contributed by atoms with Gasteiger partial charge in [0, 0.05) is 44.5 Å². The highest BCUT2D eigenvalue weighted by atomic mass is 16.3. The van der Waals surface area contributed by atoms with Gasteiger partial charge in [-0.25, -0.2) is 0 Å². The Bertz CT molecular complexity index is 881. The number of anilines is 1. The molecule has 0 saturated carbocycles. The van der Waals surface area contributed by atoms with E-state index < -0.39 is 0 Å². The zero-order valence-electron chi connectivity index (χ0n) is 16.5. The molecule has 1 fully saturated rings. The number of pyridine rings is 1. The monoisotopic (exact) mass is 380 g/mol. The lowest BCUT2D eigenvalue weighted by molar-refractivity contribution is -0.118. The summed E-state index contributed by atoms with van der Waals surface area (Å²) in [5, 5.41) is 0. The number of carbonyl (C=O) groups excluding carboxylic acids is 1. The Hall–Kier alpha value is -2.86. The maximum atomic E-state index is 10.7. The Morgan fingerprint density at radius 1 is 1.14 bits per heavy atom. The van der Waals surface area contributed by atoms with Gasteiger partial charge in [0.2, 0.25) is 6.41 Å². The van der Waals surface area contributed by atoms with Crippen LogP contribution in [0.1, 0.15) is 18.1 Å². The zero-order valence-corrected chi connectivity index (χ0v) is 16.5. The molecule has 0 radical (unpaired) electrons. The fraction of sp³-hybridized carbons (Fsp3) is 0.364. The predicted octanol–water partition coefficient (Wildman–Crippen LogP) is 2.99. The highest BCUT2D eigenvalue weighted by Gasteiger charge is 2.18. The van der Waals surface area contributed by atoms with Crippen LogP contribution in [0.15, 0.2) is 53.3 Å². The molecule has 1 atom stereocenters. The number of aryl methyl sites for hydroxylation is 1. The molecule has 2 N–H and O–H groups in total. The van der Waals surface area contributed by atoms with Crippen molar-refractivity contribution in [2.45, 2.75) is 26.3 Å². The minimum atomic E-state index is 0.262. The molecular formula is C22H28N4O2. The molecule has 2 aromatic heterocycles. The number of piperazine rings is 1. The molecule has 0 bridgehead atoms. The Labute approximate surface area is 165 Å². The molecular weight excluding hydrogens is 352 g/mol. The van der Waals surface area contributed by atoms with Crippen LogP contribution in [0.3, 0.4) is 0 Å². The highest BCUT2D eigenvalue weighted by Crippen LogP contribution is 2.26. The first-order valence-corrected chi connectivity index (χ1v) is 9.64. The molecule has 0 spiro atoms. The Morgan fingerprint density at radius 3 is 2.50 bits per heavy atom. The first-order valence-electron chi connectivity index (χ1n) is 9.64. The van der Waals surface area contributed by atoms with Crippen LogP contribution in [-0.2, 0) is 11.2 Å². The van der Waals surface area contributed by atoms with Crippen LogP contribution in [0.2, 0.25) is 0 Å². The van der Waals surface area contributed by atoms with E-state index in [0.717, 1.165) is 55.8 Å². The van der Waals surface area contributed by atoms with Crippen molar-refractivity contribution in [3.05, 3.63) is 60.0 Å². The van der Waals surface area contributed by atoms with Crippen molar-refractivity contribution in [1.82, 2.24) is 9.88 Å². The molecule has 1 amide bonds. The third kappa shape index (κ3) is 5.10. The largest absolute Gasteiger partial charge is 0.460 e. The van der Waals surface area contributed by atoms with E-state index >= 15 is 0 Å². The first-order chi connectivity index (χ1) is 13.6. The van der Waals surface area contributed by atoms with E-state index in [4.69, 9.17) is 10.2 Å². The van der Waals surface area contributed by atoms with Crippen LogP contribution in [0, 0.1) is 6.92 Å². The summed E-state index contributed by atoms with van der Waals surface area (Å²) in [6.07, 6.45) is 5.33. The van der Waals surface area contributed by atoms with Gasteiger partial charge in [0.1, 0.15) is 5.52 Å². The molecule has 4 rings (SSSR count). The number of nitrogens with zero attached hydrogens (tertiary/aromatic N) is 3. The lowest BCUT2D eigenvalue weighted by Crippen LogP contribution is -2.45. The number of furan rings is 1. The van der Waals surface area contributed by atoms with Gasteiger partial charge in [-0.05, 0) is 31.9 Å². The van der Waals surface area contributed by atoms with Crippen LogP contribution in [0.25, 0.3) is 11.1 Å². The van der Waals surface area contributed by atoms with Crippen LogP contribution in [-0.4, -0.2) is 48.5 Å². The molecule has 0 aliphatic carbocycles. The lowest BCUT2D eigenvalue weighted by atomic mass is 10.1. The third-order valence-electron chi connectivity index (χ3n) is 4.81. The standard InChI is InChI=1S/C12H13N3O2.C10H15N/c16-9-14-4-6-15(7-5-14)11-1-3-13-10-2-8-17-12(10)11;1-8-3-5-10(6-4-8)7-9(2)11/h1-3,8-9H,4-7H2;3-6,9H,7,11H2,1-2H3. The quantitative estimate of drug-likeness (QED) is 0.704. The van der Waals surface area contributed by atoms with Gasteiger partial charge in [-0.2, -0.15) is 0 Å². The summed E-state index contributed by atoms with van der Waals surface area (Å²) in [7, 11) is 0. The lowest BCUT2D eigenvalue weighted by Gasteiger charge is -2.33. The number of nitrogens with two attached hydrogens (primary N) is 1. The number of amides is 1. The number of hydrogen-bond donors (Lipinski definition) is 1. The van der Waals surface area contributed by atoms with E-state index in [2.05, 4.69) is 41.1 Å². The van der Waals surface area contributed by atoms with Gasteiger partial charge in [0.25, 0.3) is 0 Å². The first kappa shape index (κ1) is 19.9. The Balaban J connectivity index is 0.000000178. The molecule has 3 heterocycles. The van der Waals surface area contributed by atoms with Gasteiger partial charge in [0.05, 0.1) is 12.0 Å². The van der Waals surface area contributed by atoms with Gasteiger partial charge in [-0.3, -0.25) is 9.78 Å². The van der Waals surface area contributed by atoms with Gasteiger partial charge < -0.3 is 20.0 Å². The summed E-state index contributed by atoms with van der Waals surface area (Å²) in [4.78, 5) is 18.9. The SMILES string of the molecule is Cc1ccc(CC(C)N)cc1.O=CN1CCN(c2ccnc3ccoc23)CC1. The van der Waals surface area contributed by atoms with Crippen LogP contribution in [0.5, 0.6) is 0 Å². The van der Waals surface area contributed by atoms with Gasteiger partial charge in [-0.15, -0.1) is 0 Å². The second kappa shape index (κ2) is 9.37. The average Bonchev–Trinajstić information content (AvgIpc) is 3.19. The van der Waals surface area contributed by atoms with Crippen molar-refractivity contribution < 1.29 is 9.21 Å². The molecule has 1 aliphatic rings. The third-order valence-corrected chi connectivity index (χ3v) is 4.81. The summed E-state index contributed by atoms with van der Waals surface area (Å²) in [5.41, 5.74) is 11.1. The topological polar surface area (TPSA) is 75.6 Å². The minimum absolute atomic E-state index is 0.262. The van der Waals surface area contributed by atoms with Crippen LogP contribution in [0.4, 0.5) is 5.69 Å². The second-order valence-electron chi connectivity index (χ2n) is 7.26. The number of hydrogen-bond acceptors (Lipinski definition) is 5. The van der Waals surface area contributed by atoms with E-state index in [1.54, 1.807) is 17.4 Å². The molecule has 1 saturated heterocycles. The van der Waals surface area contributed by atoms with Crippen LogP contribution >= 0.6 is 0 Å². The summed E-state index contributed by atoms with van der Waals surface area (Å²) >= 11 is 0. The number of rotatable bonds is 4. The molecule has 28 heavy (non-hydrogen) atoms. The molecule has 1 unspecified atom stereocenters. The summed E-state index contributed by atoms with van der Waals surface area (Å²) in [5.74, 6) is 0. The van der Waals surface area contributed by atoms with Gasteiger partial charge >= 0.3 is 0 Å². The summed E-state index contributed by atoms with van der Waals surface area (Å²) < 4.78 is 5.47. The summed E-state index contributed by atoms with van der Waals surface area (Å²) in [6, 6.07) is 12.6. The van der Waals surface area contributed by atoms with Crippen molar-refractivity contribution in [3.8, 4) is 0 Å². The van der Waals surface area contributed by atoms with E-state index in [1.165, 1.54) is 11.1 Å². The number of carbonyl (C=O) groups is 1. The number of aromatic nitrogens is 1. The van der Waals surface area contributed by atoms with Gasteiger partial charge in [-0.1, -0.05) is 29.8 Å². The van der Waals surface area contributed by atoms with E-state index in [0.29, 0.717) is 0 Å². The fourth-order valence-electron chi connectivity index (χ4n) is 3.27. The smallest absolute Gasteiger partial charge is 0.209 e. The second-order valence-corrected chi connectivity index (χ2v) is 7.26. The Morgan fingerprint density at radius 2 is 1.86 bits per heavy atom. The molecule has 148 valence electrons. The van der Waals surface area contributed by atoms with Crippen molar-refractivity contribution >= 4 is 23.2 Å². The fourth-order valence-corrected chi connectivity index (χ4v) is 3.27. The minimum Gasteiger partial charge on any atom is -0.460 e. The predicted molar refractivity (Wildman–Crippen MR) is 112 cm³/mol. The summed E-state index contributed by atoms with van der Waals surface area (Å²) in [6.45, 7) is 7.30. The van der Waals surface area contributed by atoms with Gasteiger partial charge in [0.15, 0.2) is 5.58 Å². The van der Waals surface area contributed by atoms with Crippen molar-refractivity contribution in [2.75, 3.05) is 31.1 Å². The van der Waals surface area contributed by atoms with E-state index in [1.807, 2.05) is 19.1 Å². The number of benzene rings is 1. The zero-order chi connectivity index (χ0) is 19.9. The molecule has 3 aromatic rings. The molecule has 6 nitrogen and oxygen atoms in total. The number of fused-ring (bicyclic) bond motifs is 1. The molecule has 1 aliphatic heterocycles. The maximum absolute atomic E-state index is 10.7. The maximum Gasteiger partial charge on any atom is 0.209 e. The normalized spacial score (nSPS) is 15.1. The highest BCUT2D eigenvalue weighted by molar-refractivity contribution is 5.86. The van der Waals surface area contributed by atoms with Crippen molar-refractivity contribution in [1.29, 1.82) is 0 Å². The van der Waals surface area contributed by atoms with E-state index in [-0.39, 0.29) is 6.04 Å².